The van der Waals surface area contributed by atoms with Gasteiger partial charge in [0.25, 0.3) is 0 Å². The van der Waals surface area contributed by atoms with Crippen LogP contribution >= 0.6 is 0 Å². The minimum absolute atomic E-state index is 0.00398. The average Bonchev–Trinajstić information content (AvgIpc) is 3.02. The number of amides is 2. The van der Waals surface area contributed by atoms with E-state index in [9.17, 15) is 9.59 Å². The average molecular weight is 211 g/mol. The molecule has 2 amide bonds. The molecule has 84 valence electrons. The summed E-state index contributed by atoms with van der Waals surface area (Å²) in [5.74, 6) is -0.287. The molecule has 0 aromatic carbocycles. The van der Waals surface area contributed by atoms with Crippen molar-refractivity contribution < 1.29 is 9.59 Å². The first-order valence-electron chi connectivity index (χ1n) is 5.47. The molecule has 2 fully saturated rings. The van der Waals surface area contributed by atoms with E-state index < -0.39 is 11.4 Å². The highest BCUT2D eigenvalue weighted by Gasteiger charge is 2.42. The highest BCUT2D eigenvalue weighted by atomic mass is 16.2. The largest absolute Gasteiger partial charge is 0.368 e. The summed E-state index contributed by atoms with van der Waals surface area (Å²) < 4.78 is 0. The Morgan fingerprint density at radius 1 is 1.27 bits per heavy atom. The molecular weight excluding hydrogens is 194 g/mol. The normalized spacial score (nSPS) is 24.5. The first kappa shape index (κ1) is 10.4. The fourth-order valence-electron chi connectivity index (χ4n) is 1.97. The second-order valence-electron chi connectivity index (χ2n) is 4.46. The van der Waals surface area contributed by atoms with E-state index in [1.807, 2.05) is 0 Å². The highest BCUT2D eigenvalue weighted by molar-refractivity contribution is 5.92. The Morgan fingerprint density at radius 3 is 2.33 bits per heavy atom. The van der Waals surface area contributed by atoms with Gasteiger partial charge in [0, 0.05) is 5.92 Å². The smallest absolute Gasteiger partial charge is 0.243 e. The molecule has 0 spiro atoms. The van der Waals surface area contributed by atoms with Gasteiger partial charge in [-0.25, -0.2) is 0 Å². The van der Waals surface area contributed by atoms with Crippen LogP contribution in [0.4, 0.5) is 0 Å². The standard InChI is InChI=1S/C10H17N3O2/c11-9(15)10(3-5-12-6-4-10)13-8(14)7-1-2-7/h7,12H,1-6H2,(H2,11,15)(H,13,14). The molecule has 0 aromatic rings. The summed E-state index contributed by atoms with van der Waals surface area (Å²) in [4.78, 5) is 23.1. The van der Waals surface area contributed by atoms with Crippen molar-refractivity contribution in [3.8, 4) is 0 Å². The molecule has 0 bridgehead atoms. The van der Waals surface area contributed by atoms with Crippen LogP contribution in [0.15, 0.2) is 0 Å². The number of nitrogens with two attached hydrogens (primary N) is 1. The third-order valence-corrected chi connectivity index (χ3v) is 3.24. The predicted molar refractivity (Wildman–Crippen MR) is 54.9 cm³/mol. The predicted octanol–water partition coefficient (Wildman–Crippen LogP) is -0.880. The fraction of sp³-hybridized carbons (Fsp3) is 0.800. The zero-order valence-corrected chi connectivity index (χ0v) is 8.71. The summed E-state index contributed by atoms with van der Waals surface area (Å²) in [5.41, 5.74) is 4.59. The Kier molecular flexibility index (Phi) is 2.65. The minimum Gasteiger partial charge on any atom is -0.368 e. The lowest BCUT2D eigenvalue weighted by Crippen LogP contribution is -2.62. The first-order chi connectivity index (χ1) is 7.14. The van der Waals surface area contributed by atoms with E-state index in [1.54, 1.807) is 0 Å². The number of carbonyl (C=O) groups excluding carboxylic acids is 2. The van der Waals surface area contributed by atoms with Gasteiger partial charge in [-0.05, 0) is 38.8 Å². The maximum absolute atomic E-state index is 11.6. The Morgan fingerprint density at radius 2 is 1.87 bits per heavy atom. The number of nitrogens with one attached hydrogen (secondary N) is 2. The van der Waals surface area contributed by atoms with Crippen LogP contribution in [0.2, 0.25) is 0 Å². The monoisotopic (exact) mass is 211 g/mol. The van der Waals surface area contributed by atoms with Gasteiger partial charge >= 0.3 is 0 Å². The number of rotatable bonds is 3. The van der Waals surface area contributed by atoms with Gasteiger partial charge in [-0.2, -0.15) is 0 Å². The summed E-state index contributed by atoms with van der Waals surface area (Å²) in [6.45, 7) is 1.46. The minimum atomic E-state index is -0.801. The number of hydrogen-bond donors (Lipinski definition) is 3. The summed E-state index contributed by atoms with van der Waals surface area (Å²) in [5, 5.41) is 5.99. The maximum atomic E-state index is 11.6. The molecule has 0 unspecified atom stereocenters. The topological polar surface area (TPSA) is 84.2 Å². The molecule has 5 heteroatoms. The molecule has 1 saturated heterocycles. The van der Waals surface area contributed by atoms with E-state index in [0.29, 0.717) is 12.8 Å². The molecule has 1 heterocycles. The van der Waals surface area contributed by atoms with Gasteiger partial charge in [-0.15, -0.1) is 0 Å². The van der Waals surface area contributed by atoms with Crippen molar-refractivity contribution in [2.45, 2.75) is 31.2 Å². The molecule has 15 heavy (non-hydrogen) atoms. The van der Waals surface area contributed by atoms with E-state index in [-0.39, 0.29) is 11.8 Å². The van der Waals surface area contributed by atoms with Gasteiger partial charge in [0.1, 0.15) is 5.54 Å². The maximum Gasteiger partial charge on any atom is 0.243 e. The highest BCUT2D eigenvalue weighted by Crippen LogP contribution is 2.30. The molecule has 0 radical (unpaired) electrons. The van der Waals surface area contributed by atoms with Crippen LogP contribution in [0.5, 0.6) is 0 Å². The number of hydrogen-bond acceptors (Lipinski definition) is 3. The SMILES string of the molecule is NC(=O)C1(NC(=O)C2CC2)CCNCC1. The Hall–Kier alpha value is -1.10. The van der Waals surface area contributed by atoms with Crippen molar-refractivity contribution in [3.05, 3.63) is 0 Å². The van der Waals surface area contributed by atoms with E-state index in [1.165, 1.54) is 0 Å². The van der Waals surface area contributed by atoms with Gasteiger partial charge in [0.2, 0.25) is 11.8 Å². The quantitative estimate of drug-likeness (QED) is 0.567. The Balaban J connectivity index is 2.03. The lowest BCUT2D eigenvalue weighted by Gasteiger charge is -2.35. The van der Waals surface area contributed by atoms with Gasteiger partial charge in [0.05, 0.1) is 0 Å². The Bertz CT molecular complexity index is 280. The molecule has 2 rings (SSSR count). The zero-order valence-electron chi connectivity index (χ0n) is 8.71. The fourth-order valence-corrected chi connectivity index (χ4v) is 1.97. The van der Waals surface area contributed by atoms with Gasteiger partial charge in [-0.3, -0.25) is 9.59 Å². The van der Waals surface area contributed by atoms with Gasteiger partial charge in [0.15, 0.2) is 0 Å². The zero-order chi connectivity index (χ0) is 10.9. The van der Waals surface area contributed by atoms with E-state index in [0.717, 1.165) is 25.9 Å². The second-order valence-corrected chi connectivity index (χ2v) is 4.46. The first-order valence-corrected chi connectivity index (χ1v) is 5.47. The molecule has 1 aliphatic carbocycles. The molecule has 1 saturated carbocycles. The summed E-state index contributed by atoms with van der Waals surface area (Å²) in [7, 11) is 0. The van der Waals surface area contributed by atoms with Crippen molar-refractivity contribution in [1.82, 2.24) is 10.6 Å². The molecule has 0 aromatic heterocycles. The van der Waals surface area contributed by atoms with Crippen LogP contribution in [-0.4, -0.2) is 30.4 Å². The van der Waals surface area contributed by atoms with Gasteiger partial charge < -0.3 is 16.4 Å². The lowest BCUT2D eigenvalue weighted by atomic mass is 9.87. The van der Waals surface area contributed by atoms with Crippen LogP contribution in [0.1, 0.15) is 25.7 Å². The van der Waals surface area contributed by atoms with Crippen LogP contribution in [0, 0.1) is 5.92 Å². The van der Waals surface area contributed by atoms with Crippen LogP contribution in [0.25, 0.3) is 0 Å². The number of primary amides is 1. The molecule has 1 aliphatic heterocycles. The van der Waals surface area contributed by atoms with Crippen LogP contribution in [-0.2, 0) is 9.59 Å². The van der Waals surface area contributed by atoms with Crippen molar-refractivity contribution >= 4 is 11.8 Å². The van der Waals surface area contributed by atoms with Crippen molar-refractivity contribution in [3.63, 3.8) is 0 Å². The summed E-state index contributed by atoms with van der Waals surface area (Å²) in [6, 6.07) is 0. The van der Waals surface area contributed by atoms with Crippen LogP contribution < -0.4 is 16.4 Å². The van der Waals surface area contributed by atoms with E-state index in [4.69, 9.17) is 5.73 Å². The van der Waals surface area contributed by atoms with Crippen molar-refractivity contribution in [1.29, 1.82) is 0 Å². The van der Waals surface area contributed by atoms with Gasteiger partial charge in [-0.1, -0.05) is 0 Å². The molecule has 4 N–H and O–H groups in total. The molecule has 0 atom stereocenters. The molecule has 2 aliphatic rings. The number of piperidine rings is 1. The number of carbonyl (C=O) groups is 2. The Labute approximate surface area is 88.8 Å². The lowest BCUT2D eigenvalue weighted by molar-refractivity contribution is -0.133. The molecule has 5 nitrogen and oxygen atoms in total. The van der Waals surface area contributed by atoms with Crippen molar-refractivity contribution in [2.75, 3.05) is 13.1 Å². The second kappa shape index (κ2) is 3.81. The molecular formula is C10H17N3O2. The van der Waals surface area contributed by atoms with Crippen LogP contribution in [0.3, 0.4) is 0 Å². The van der Waals surface area contributed by atoms with Crippen molar-refractivity contribution in [2.24, 2.45) is 11.7 Å². The van der Waals surface area contributed by atoms with E-state index >= 15 is 0 Å². The third-order valence-electron chi connectivity index (χ3n) is 3.24. The summed E-state index contributed by atoms with van der Waals surface area (Å²) >= 11 is 0. The summed E-state index contributed by atoms with van der Waals surface area (Å²) in [6.07, 6.45) is 3.08. The van der Waals surface area contributed by atoms with E-state index in [2.05, 4.69) is 10.6 Å². The third kappa shape index (κ3) is 2.12.